The van der Waals surface area contributed by atoms with Gasteiger partial charge in [-0.2, -0.15) is 0 Å². The van der Waals surface area contributed by atoms with E-state index < -0.39 is 0 Å². The summed E-state index contributed by atoms with van der Waals surface area (Å²) in [6, 6.07) is 12.4. The minimum absolute atomic E-state index is 0.572. The molecular weight excluding hydrogens is 396 g/mol. The Morgan fingerprint density at radius 2 is 1.69 bits per heavy atom. The van der Waals surface area contributed by atoms with Gasteiger partial charge in [0.15, 0.2) is 5.82 Å². The van der Waals surface area contributed by atoms with Gasteiger partial charge in [0.2, 0.25) is 0 Å². The highest BCUT2D eigenvalue weighted by Gasteiger charge is 2.27. The van der Waals surface area contributed by atoms with E-state index in [9.17, 15) is 0 Å². The normalized spacial score (nSPS) is 16.8. The van der Waals surface area contributed by atoms with E-state index in [1.54, 1.807) is 0 Å². The van der Waals surface area contributed by atoms with Gasteiger partial charge in [0.05, 0.1) is 11.7 Å². The van der Waals surface area contributed by atoms with Crippen molar-refractivity contribution in [2.75, 3.05) is 31.1 Å². The van der Waals surface area contributed by atoms with Crippen molar-refractivity contribution < 1.29 is 0 Å². The SMILES string of the molecule is c1ccc(-c2cnccc2-c2nc(N3CCNCC3)c3c(C4CCC4)cncc3n2)cc1. The molecule has 1 aliphatic heterocycles. The molecule has 1 aromatic carbocycles. The first-order chi connectivity index (χ1) is 15.9. The van der Waals surface area contributed by atoms with Crippen molar-refractivity contribution in [3.8, 4) is 22.5 Å². The second-order valence-corrected chi connectivity index (χ2v) is 8.65. The van der Waals surface area contributed by atoms with Crippen LogP contribution in [0.2, 0.25) is 0 Å². The Labute approximate surface area is 187 Å². The Balaban J connectivity index is 1.57. The lowest BCUT2D eigenvalue weighted by atomic mass is 9.79. The number of aromatic nitrogens is 4. The lowest BCUT2D eigenvalue weighted by molar-refractivity contribution is 0.421. The van der Waals surface area contributed by atoms with Crippen LogP contribution in [0.4, 0.5) is 5.82 Å². The molecule has 1 saturated carbocycles. The highest BCUT2D eigenvalue weighted by Crippen LogP contribution is 2.42. The summed E-state index contributed by atoms with van der Waals surface area (Å²) in [5.74, 6) is 2.36. The maximum atomic E-state index is 5.21. The molecule has 4 heterocycles. The number of fused-ring (bicyclic) bond motifs is 1. The van der Waals surface area contributed by atoms with Gasteiger partial charge in [-0.05, 0) is 36.0 Å². The molecule has 0 radical (unpaired) electrons. The van der Waals surface area contributed by atoms with Gasteiger partial charge in [-0.25, -0.2) is 9.97 Å². The van der Waals surface area contributed by atoms with E-state index in [0.29, 0.717) is 5.92 Å². The quantitative estimate of drug-likeness (QED) is 0.525. The molecule has 6 heteroatoms. The fourth-order valence-electron chi connectivity index (χ4n) is 4.78. The van der Waals surface area contributed by atoms with Crippen molar-refractivity contribution in [2.45, 2.75) is 25.2 Å². The van der Waals surface area contributed by atoms with Crippen LogP contribution in [-0.4, -0.2) is 46.1 Å². The summed E-state index contributed by atoms with van der Waals surface area (Å²) < 4.78 is 0. The molecule has 0 bridgehead atoms. The summed E-state index contributed by atoms with van der Waals surface area (Å²) in [6.07, 6.45) is 11.4. The molecule has 2 aliphatic rings. The molecule has 2 fully saturated rings. The van der Waals surface area contributed by atoms with Crippen molar-refractivity contribution in [2.24, 2.45) is 0 Å². The highest BCUT2D eigenvalue weighted by atomic mass is 15.2. The molecule has 0 spiro atoms. The summed E-state index contributed by atoms with van der Waals surface area (Å²) in [4.78, 5) is 21.6. The maximum Gasteiger partial charge on any atom is 0.162 e. The molecule has 3 aromatic heterocycles. The van der Waals surface area contributed by atoms with E-state index in [1.165, 1.54) is 30.2 Å². The average molecular weight is 423 g/mol. The average Bonchev–Trinajstić information content (AvgIpc) is 2.83. The van der Waals surface area contributed by atoms with Crippen LogP contribution in [0.25, 0.3) is 33.4 Å². The Hall–Kier alpha value is -3.38. The third-order valence-corrected chi connectivity index (χ3v) is 6.73. The lowest BCUT2D eigenvalue weighted by Crippen LogP contribution is -2.44. The van der Waals surface area contributed by atoms with Crippen molar-refractivity contribution in [3.05, 3.63) is 66.7 Å². The third-order valence-electron chi connectivity index (χ3n) is 6.73. The van der Waals surface area contributed by atoms with Crippen molar-refractivity contribution in [1.29, 1.82) is 0 Å². The van der Waals surface area contributed by atoms with Crippen LogP contribution in [0, 0.1) is 0 Å². The summed E-state index contributed by atoms with van der Waals surface area (Å²) >= 11 is 0. The maximum absolute atomic E-state index is 5.21. The number of hydrogen-bond donors (Lipinski definition) is 1. The van der Waals surface area contributed by atoms with Gasteiger partial charge in [-0.1, -0.05) is 36.8 Å². The van der Waals surface area contributed by atoms with Gasteiger partial charge < -0.3 is 10.2 Å². The number of hydrogen-bond acceptors (Lipinski definition) is 6. The van der Waals surface area contributed by atoms with Gasteiger partial charge in [0, 0.05) is 61.3 Å². The molecule has 6 nitrogen and oxygen atoms in total. The van der Waals surface area contributed by atoms with Crippen LogP contribution >= 0.6 is 0 Å². The first-order valence-corrected chi connectivity index (χ1v) is 11.5. The van der Waals surface area contributed by atoms with Gasteiger partial charge in [-0.15, -0.1) is 0 Å². The molecule has 0 unspecified atom stereocenters. The molecule has 1 aliphatic carbocycles. The number of pyridine rings is 2. The molecule has 6 rings (SSSR count). The van der Waals surface area contributed by atoms with Gasteiger partial charge in [0.1, 0.15) is 5.82 Å². The Morgan fingerprint density at radius 3 is 2.47 bits per heavy atom. The number of anilines is 1. The minimum atomic E-state index is 0.572. The van der Waals surface area contributed by atoms with Gasteiger partial charge in [-0.3, -0.25) is 9.97 Å². The van der Waals surface area contributed by atoms with Crippen molar-refractivity contribution >= 4 is 16.7 Å². The standard InChI is InChI=1S/C26H26N6/c1-2-5-18(6-3-1)21-15-28-10-9-20(21)25-30-23-17-29-16-22(19-7-4-8-19)24(23)26(31-25)32-13-11-27-12-14-32/h1-3,5-6,9-10,15-17,19,27H,4,7-8,11-14H2. The van der Waals surface area contributed by atoms with Gasteiger partial charge >= 0.3 is 0 Å². The van der Waals surface area contributed by atoms with E-state index in [2.05, 4.69) is 32.3 Å². The topological polar surface area (TPSA) is 66.8 Å². The second-order valence-electron chi connectivity index (χ2n) is 8.65. The number of piperazine rings is 1. The fraction of sp³-hybridized carbons (Fsp3) is 0.308. The third kappa shape index (κ3) is 3.41. The predicted octanol–water partition coefficient (Wildman–Crippen LogP) is 4.43. The first kappa shape index (κ1) is 19.3. The van der Waals surface area contributed by atoms with E-state index in [-0.39, 0.29) is 0 Å². The van der Waals surface area contributed by atoms with E-state index in [0.717, 1.165) is 60.0 Å². The molecule has 160 valence electrons. The van der Waals surface area contributed by atoms with Crippen LogP contribution in [0.3, 0.4) is 0 Å². The van der Waals surface area contributed by atoms with Crippen LogP contribution in [0.1, 0.15) is 30.7 Å². The fourth-order valence-corrected chi connectivity index (χ4v) is 4.78. The van der Waals surface area contributed by atoms with Crippen LogP contribution < -0.4 is 10.2 Å². The molecule has 0 atom stereocenters. The zero-order valence-corrected chi connectivity index (χ0v) is 18.0. The Morgan fingerprint density at radius 1 is 0.844 bits per heavy atom. The molecule has 1 N–H and O–H groups in total. The first-order valence-electron chi connectivity index (χ1n) is 11.5. The van der Waals surface area contributed by atoms with E-state index >= 15 is 0 Å². The lowest BCUT2D eigenvalue weighted by Gasteiger charge is -2.32. The minimum Gasteiger partial charge on any atom is -0.353 e. The molecule has 32 heavy (non-hydrogen) atoms. The number of nitrogens with one attached hydrogen (secondary N) is 1. The second kappa shape index (κ2) is 8.28. The van der Waals surface area contributed by atoms with Crippen LogP contribution in [0.5, 0.6) is 0 Å². The van der Waals surface area contributed by atoms with Crippen molar-refractivity contribution in [1.82, 2.24) is 25.3 Å². The number of nitrogens with zero attached hydrogens (tertiary/aromatic N) is 5. The largest absolute Gasteiger partial charge is 0.353 e. The predicted molar refractivity (Wildman–Crippen MR) is 128 cm³/mol. The zero-order chi connectivity index (χ0) is 21.3. The van der Waals surface area contributed by atoms with Crippen LogP contribution in [-0.2, 0) is 0 Å². The Bertz CT molecular complexity index is 1250. The van der Waals surface area contributed by atoms with Crippen LogP contribution in [0.15, 0.2) is 61.2 Å². The Kier molecular flexibility index (Phi) is 5.00. The molecule has 0 amide bonds. The highest BCUT2D eigenvalue weighted by molar-refractivity contribution is 5.95. The number of benzene rings is 1. The molecule has 1 saturated heterocycles. The van der Waals surface area contributed by atoms with E-state index in [1.807, 2.05) is 49.1 Å². The summed E-state index contributed by atoms with van der Waals surface area (Å²) in [5.41, 5.74) is 5.40. The number of rotatable bonds is 4. The molecule has 4 aromatic rings. The monoisotopic (exact) mass is 422 g/mol. The summed E-state index contributed by atoms with van der Waals surface area (Å²) in [5, 5.41) is 4.65. The van der Waals surface area contributed by atoms with Crippen molar-refractivity contribution in [3.63, 3.8) is 0 Å². The zero-order valence-electron chi connectivity index (χ0n) is 18.0. The summed E-state index contributed by atoms with van der Waals surface area (Å²) in [7, 11) is 0. The van der Waals surface area contributed by atoms with Gasteiger partial charge in [0.25, 0.3) is 0 Å². The summed E-state index contributed by atoms with van der Waals surface area (Å²) in [6.45, 7) is 3.82. The van der Waals surface area contributed by atoms with E-state index in [4.69, 9.17) is 9.97 Å². The molecular formula is C26H26N6. The smallest absolute Gasteiger partial charge is 0.162 e.